The number of aryl methyl sites for hydroxylation is 1. The monoisotopic (exact) mass is 285 g/mol. The van der Waals surface area contributed by atoms with Crippen LogP contribution in [0.15, 0.2) is 30.3 Å². The average molecular weight is 285 g/mol. The molecule has 2 aromatic rings. The van der Waals surface area contributed by atoms with Crippen molar-refractivity contribution in [3.05, 3.63) is 47.3 Å². The Morgan fingerprint density at radius 1 is 1.19 bits per heavy atom. The van der Waals surface area contributed by atoms with Crippen molar-refractivity contribution in [2.45, 2.75) is 33.7 Å². The quantitative estimate of drug-likeness (QED) is 0.877. The van der Waals surface area contributed by atoms with Gasteiger partial charge in [0, 0.05) is 23.0 Å². The van der Waals surface area contributed by atoms with Crippen molar-refractivity contribution in [2.75, 3.05) is 5.32 Å². The Morgan fingerprint density at radius 2 is 1.81 bits per heavy atom. The van der Waals surface area contributed by atoms with Crippen LogP contribution >= 0.6 is 0 Å². The van der Waals surface area contributed by atoms with Crippen LogP contribution in [-0.4, -0.2) is 21.5 Å². The number of nitrogens with one attached hydrogen (secondary N) is 1. The number of hydrogen-bond donors (Lipinski definition) is 1. The lowest BCUT2D eigenvalue weighted by molar-refractivity contribution is 0.101. The van der Waals surface area contributed by atoms with Crippen LogP contribution in [0.4, 0.5) is 5.69 Å². The predicted molar refractivity (Wildman–Crippen MR) is 81.7 cm³/mol. The largest absolute Gasteiger partial charge is 0.321 e. The molecule has 1 N–H and O–H groups in total. The number of rotatable bonds is 4. The van der Waals surface area contributed by atoms with Gasteiger partial charge in [-0.2, -0.15) is 5.10 Å². The highest BCUT2D eigenvalue weighted by atomic mass is 16.2. The minimum Gasteiger partial charge on any atom is -0.321 e. The molecule has 5 nitrogen and oxygen atoms in total. The van der Waals surface area contributed by atoms with Gasteiger partial charge in [0.25, 0.3) is 5.91 Å². The van der Waals surface area contributed by atoms with Gasteiger partial charge in [-0.3, -0.25) is 14.3 Å². The summed E-state index contributed by atoms with van der Waals surface area (Å²) in [5, 5.41) is 7.08. The first-order valence-electron chi connectivity index (χ1n) is 6.87. The van der Waals surface area contributed by atoms with E-state index in [0.717, 1.165) is 5.69 Å². The lowest BCUT2D eigenvalue weighted by Gasteiger charge is -2.07. The van der Waals surface area contributed by atoms with E-state index in [-0.39, 0.29) is 17.7 Å². The number of aromatic nitrogens is 2. The topological polar surface area (TPSA) is 64.0 Å². The summed E-state index contributed by atoms with van der Waals surface area (Å²) in [7, 11) is 0. The maximum atomic E-state index is 12.2. The minimum atomic E-state index is -0.256. The molecule has 0 saturated carbocycles. The summed E-state index contributed by atoms with van der Waals surface area (Å²) in [6, 6.07) is 8.77. The molecule has 0 fully saturated rings. The van der Waals surface area contributed by atoms with Gasteiger partial charge in [-0.05, 0) is 58.0 Å². The number of Topliss-reactive ketones (excluding diaryl/α,β-unsaturated/α-hetero) is 1. The average Bonchev–Trinajstić information content (AvgIpc) is 2.81. The summed E-state index contributed by atoms with van der Waals surface area (Å²) in [5.74, 6) is -0.257. The van der Waals surface area contributed by atoms with E-state index in [1.807, 2.05) is 25.5 Å². The number of hydrogen-bond acceptors (Lipinski definition) is 3. The fourth-order valence-corrected chi connectivity index (χ4v) is 2.10. The Morgan fingerprint density at radius 3 is 2.29 bits per heavy atom. The zero-order chi connectivity index (χ0) is 15.6. The molecule has 1 amide bonds. The van der Waals surface area contributed by atoms with Gasteiger partial charge in [-0.1, -0.05) is 0 Å². The van der Waals surface area contributed by atoms with Crippen LogP contribution < -0.4 is 5.32 Å². The third-order valence-corrected chi connectivity index (χ3v) is 3.19. The van der Waals surface area contributed by atoms with Gasteiger partial charge in [0.05, 0.1) is 0 Å². The molecule has 0 atom stereocenters. The van der Waals surface area contributed by atoms with E-state index in [4.69, 9.17) is 0 Å². The second kappa shape index (κ2) is 5.91. The third kappa shape index (κ3) is 3.37. The summed E-state index contributed by atoms with van der Waals surface area (Å²) in [4.78, 5) is 23.4. The molecule has 0 spiro atoms. The Balaban J connectivity index is 2.14. The molecule has 2 rings (SSSR count). The zero-order valence-corrected chi connectivity index (χ0v) is 12.7. The third-order valence-electron chi connectivity index (χ3n) is 3.19. The van der Waals surface area contributed by atoms with E-state index < -0.39 is 0 Å². The van der Waals surface area contributed by atoms with Crippen molar-refractivity contribution in [1.29, 1.82) is 0 Å². The normalized spacial score (nSPS) is 10.7. The van der Waals surface area contributed by atoms with Crippen LogP contribution in [0.3, 0.4) is 0 Å². The number of benzene rings is 1. The lowest BCUT2D eigenvalue weighted by atomic mass is 10.1. The highest BCUT2D eigenvalue weighted by Crippen LogP contribution is 2.14. The molecule has 5 heteroatoms. The van der Waals surface area contributed by atoms with Gasteiger partial charge in [0.15, 0.2) is 11.5 Å². The van der Waals surface area contributed by atoms with Gasteiger partial charge in [0.1, 0.15) is 0 Å². The van der Waals surface area contributed by atoms with Gasteiger partial charge >= 0.3 is 0 Å². The molecule has 1 aromatic carbocycles. The van der Waals surface area contributed by atoms with Crippen molar-refractivity contribution in [1.82, 2.24) is 9.78 Å². The first kappa shape index (κ1) is 15.0. The van der Waals surface area contributed by atoms with E-state index >= 15 is 0 Å². The first-order chi connectivity index (χ1) is 9.88. The SMILES string of the molecule is CC(=O)c1ccc(NC(=O)c2cc(C)n(C(C)C)n2)cc1. The molecule has 0 unspecified atom stereocenters. The molecule has 0 bridgehead atoms. The molecule has 0 aliphatic heterocycles. The number of ketones is 1. The second-order valence-electron chi connectivity index (χ2n) is 5.30. The molecule has 21 heavy (non-hydrogen) atoms. The van der Waals surface area contributed by atoms with Crippen LogP contribution in [0.1, 0.15) is 53.4 Å². The lowest BCUT2D eigenvalue weighted by Crippen LogP contribution is -2.14. The maximum Gasteiger partial charge on any atom is 0.276 e. The number of anilines is 1. The Labute approximate surface area is 124 Å². The van der Waals surface area contributed by atoms with Gasteiger partial charge in [-0.15, -0.1) is 0 Å². The second-order valence-corrected chi connectivity index (χ2v) is 5.30. The van der Waals surface area contributed by atoms with E-state index in [1.54, 1.807) is 30.3 Å². The summed E-state index contributed by atoms with van der Waals surface area (Å²) >= 11 is 0. The molecule has 110 valence electrons. The fourth-order valence-electron chi connectivity index (χ4n) is 2.10. The highest BCUT2D eigenvalue weighted by Gasteiger charge is 2.14. The van der Waals surface area contributed by atoms with Crippen LogP contribution in [0.2, 0.25) is 0 Å². The van der Waals surface area contributed by atoms with Crippen molar-refractivity contribution in [3.8, 4) is 0 Å². The van der Waals surface area contributed by atoms with Gasteiger partial charge in [0.2, 0.25) is 0 Å². The maximum absolute atomic E-state index is 12.2. The van der Waals surface area contributed by atoms with E-state index in [9.17, 15) is 9.59 Å². The van der Waals surface area contributed by atoms with Gasteiger partial charge in [-0.25, -0.2) is 0 Å². The van der Waals surface area contributed by atoms with E-state index in [1.165, 1.54) is 6.92 Å². The molecule has 1 aromatic heterocycles. The molecular formula is C16H19N3O2. The molecule has 0 aliphatic carbocycles. The van der Waals surface area contributed by atoms with E-state index in [0.29, 0.717) is 16.9 Å². The molecular weight excluding hydrogens is 266 g/mol. The fraction of sp³-hybridized carbons (Fsp3) is 0.312. The van der Waals surface area contributed by atoms with Crippen molar-refractivity contribution >= 4 is 17.4 Å². The first-order valence-corrected chi connectivity index (χ1v) is 6.87. The zero-order valence-electron chi connectivity index (χ0n) is 12.7. The van der Waals surface area contributed by atoms with Crippen molar-refractivity contribution in [3.63, 3.8) is 0 Å². The van der Waals surface area contributed by atoms with Crippen molar-refractivity contribution < 1.29 is 9.59 Å². The van der Waals surface area contributed by atoms with Crippen LogP contribution in [-0.2, 0) is 0 Å². The summed E-state index contributed by atoms with van der Waals surface area (Å²) in [5.41, 5.74) is 2.59. The molecule has 0 saturated heterocycles. The van der Waals surface area contributed by atoms with Crippen LogP contribution in [0.5, 0.6) is 0 Å². The summed E-state index contributed by atoms with van der Waals surface area (Å²) in [6.45, 7) is 7.46. The Hall–Kier alpha value is -2.43. The minimum absolute atomic E-state index is 0.000761. The van der Waals surface area contributed by atoms with Crippen LogP contribution in [0, 0.1) is 6.92 Å². The van der Waals surface area contributed by atoms with Crippen LogP contribution in [0.25, 0.3) is 0 Å². The van der Waals surface area contributed by atoms with Crippen molar-refractivity contribution in [2.24, 2.45) is 0 Å². The smallest absolute Gasteiger partial charge is 0.276 e. The Bertz CT molecular complexity index is 669. The Kier molecular flexibility index (Phi) is 4.21. The number of nitrogens with zero attached hydrogens (tertiary/aromatic N) is 2. The molecule has 0 radical (unpaired) electrons. The predicted octanol–water partition coefficient (Wildman–Crippen LogP) is 3.23. The highest BCUT2D eigenvalue weighted by molar-refractivity contribution is 6.03. The number of carbonyl (C=O) groups is 2. The number of amides is 1. The van der Waals surface area contributed by atoms with Gasteiger partial charge < -0.3 is 5.32 Å². The molecule has 1 heterocycles. The standard InChI is InChI=1S/C16H19N3O2/c1-10(2)19-11(3)9-15(18-19)16(21)17-14-7-5-13(6-8-14)12(4)20/h5-10H,1-4H3,(H,17,21). The van der Waals surface area contributed by atoms with E-state index in [2.05, 4.69) is 10.4 Å². The summed E-state index contributed by atoms with van der Waals surface area (Å²) in [6.07, 6.45) is 0. The summed E-state index contributed by atoms with van der Waals surface area (Å²) < 4.78 is 1.81. The number of carbonyl (C=O) groups excluding carboxylic acids is 2. The molecule has 0 aliphatic rings.